The highest BCUT2D eigenvalue weighted by atomic mass is 32.1. The van der Waals surface area contributed by atoms with Crippen molar-refractivity contribution < 1.29 is 0 Å². The molecule has 0 radical (unpaired) electrons. The average molecular weight is 266 g/mol. The first-order chi connectivity index (χ1) is 8.90. The molecule has 1 saturated carbocycles. The molecular formula is C15H26N2S. The second-order valence-corrected chi connectivity index (χ2v) is 6.21. The van der Waals surface area contributed by atoms with Crippen LogP contribution in [0.25, 0.3) is 0 Å². The van der Waals surface area contributed by atoms with Gasteiger partial charge in [-0.05, 0) is 19.4 Å². The summed E-state index contributed by atoms with van der Waals surface area (Å²) in [5, 5.41) is 7.04. The van der Waals surface area contributed by atoms with E-state index in [4.69, 9.17) is 4.98 Å². The molecule has 0 aliphatic heterocycles. The van der Waals surface area contributed by atoms with Crippen molar-refractivity contribution in [3.63, 3.8) is 0 Å². The number of nitrogens with one attached hydrogen (secondary N) is 1. The molecule has 0 amide bonds. The van der Waals surface area contributed by atoms with Gasteiger partial charge in [0.2, 0.25) is 0 Å². The van der Waals surface area contributed by atoms with Gasteiger partial charge in [-0.25, -0.2) is 4.98 Å². The Bertz CT molecular complexity index is 327. The molecule has 0 atom stereocenters. The molecular weight excluding hydrogens is 240 g/mol. The summed E-state index contributed by atoms with van der Waals surface area (Å²) in [6, 6.07) is 0. The molecule has 2 nitrogen and oxygen atoms in total. The number of aromatic nitrogens is 1. The highest BCUT2D eigenvalue weighted by molar-refractivity contribution is 7.09. The SMILES string of the molecule is CCNCCc1csc(C2CCCCCCC2)n1. The van der Waals surface area contributed by atoms with E-state index in [9.17, 15) is 0 Å². The molecule has 1 aromatic rings. The second kappa shape index (κ2) is 7.90. The molecule has 3 heteroatoms. The number of hydrogen-bond acceptors (Lipinski definition) is 3. The molecule has 1 heterocycles. The summed E-state index contributed by atoms with van der Waals surface area (Å²) in [4.78, 5) is 4.86. The summed E-state index contributed by atoms with van der Waals surface area (Å²) in [6.45, 7) is 4.27. The summed E-state index contributed by atoms with van der Waals surface area (Å²) < 4.78 is 0. The van der Waals surface area contributed by atoms with Crippen LogP contribution in [0.15, 0.2) is 5.38 Å². The molecule has 0 bridgehead atoms. The van der Waals surface area contributed by atoms with Gasteiger partial charge in [-0.2, -0.15) is 0 Å². The van der Waals surface area contributed by atoms with Crippen molar-refractivity contribution in [1.82, 2.24) is 10.3 Å². The van der Waals surface area contributed by atoms with Crippen molar-refractivity contribution in [3.8, 4) is 0 Å². The van der Waals surface area contributed by atoms with Crippen LogP contribution >= 0.6 is 11.3 Å². The van der Waals surface area contributed by atoms with Gasteiger partial charge in [0.25, 0.3) is 0 Å². The number of thiazole rings is 1. The van der Waals surface area contributed by atoms with Crippen LogP contribution in [0.5, 0.6) is 0 Å². The van der Waals surface area contributed by atoms with Gasteiger partial charge in [0, 0.05) is 24.3 Å². The van der Waals surface area contributed by atoms with E-state index < -0.39 is 0 Å². The molecule has 0 unspecified atom stereocenters. The van der Waals surface area contributed by atoms with Gasteiger partial charge in [-0.1, -0.05) is 39.0 Å². The first kappa shape index (κ1) is 14.0. The van der Waals surface area contributed by atoms with Crippen LogP contribution in [-0.2, 0) is 6.42 Å². The van der Waals surface area contributed by atoms with E-state index >= 15 is 0 Å². The minimum absolute atomic E-state index is 0.753. The molecule has 1 aliphatic carbocycles. The Morgan fingerprint density at radius 2 is 1.94 bits per heavy atom. The van der Waals surface area contributed by atoms with Gasteiger partial charge in [-0.3, -0.25) is 0 Å². The topological polar surface area (TPSA) is 24.9 Å². The Labute approximate surface area is 115 Å². The van der Waals surface area contributed by atoms with Crippen LogP contribution in [0.1, 0.15) is 68.5 Å². The Kier molecular flexibility index (Phi) is 6.15. The molecule has 18 heavy (non-hydrogen) atoms. The average Bonchev–Trinajstić information content (AvgIpc) is 2.78. The van der Waals surface area contributed by atoms with Crippen molar-refractivity contribution >= 4 is 11.3 Å². The van der Waals surface area contributed by atoms with Crippen molar-refractivity contribution in [2.24, 2.45) is 0 Å². The molecule has 1 aliphatic rings. The van der Waals surface area contributed by atoms with Crippen molar-refractivity contribution in [2.75, 3.05) is 13.1 Å². The van der Waals surface area contributed by atoms with E-state index in [0.29, 0.717) is 0 Å². The lowest BCUT2D eigenvalue weighted by atomic mass is 9.92. The summed E-state index contributed by atoms with van der Waals surface area (Å²) in [7, 11) is 0. The Morgan fingerprint density at radius 3 is 2.67 bits per heavy atom. The summed E-state index contributed by atoms with van der Waals surface area (Å²) in [5.74, 6) is 0.753. The lowest BCUT2D eigenvalue weighted by molar-refractivity contribution is 0.454. The van der Waals surface area contributed by atoms with Gasteiger partial charge in [0.15, 0.2) is 0 Å². The van der Waals surface area contributed by atoms with Crippen molar-refractivity contribution in [3.05, 3.63) is 16.1 Å². The quantitative estimate of drug-likeness (QED) is 0.811. The van der Waals surface area contributed by atoms with Crippen LogP contribution in [0.4, 0.5) is 0 Å². The second-order valence-electron chi connectivity index (χ2n) is 5.32. The van der Waals surface area contributed by atoms with E-state index in [2.05, 4.69) is 17.6 Å². The number of hydrogen-bond donors (Lipinski definition) is 1. The maximum atomic E-state index is 4.86. The fourth-order valence-corrected chi connectivity index (χ4v) is 3.75. The zero-order valence-corrected chi connectivity index (χ0v) is 12.4. The highest BCUT2D eigenvalue weighted by Crippen LogP contribution is 2.32. The zero-order valence-electron chi connectivity index (χ0n) is 11.6. The number of rotatable bonds is 5. The van der Waals surface area contributed by atoms with Gasteiger partial charge < -0.3 is 5.32 Å². The molecule has 0 saturated heterocycles. The Morgan fingerprint density at radius 1 is 1.22 bits per heavy atom. The first-order valence-electron chi connectivity index (χ1n) is 7.55. The smallest absolute Gasteiger partial charge is 0.0959 e. The largest absolute Gasteiger partial charge is 0.317 e. The summed E-state index contributed by atoms with van der Waals surface area (Å²) in [6.07, 6.45) is 10.9. The van der Waals surface area contributed by atoms with Gasteiger partial charge >= 0.3 is 0 Å². The van der Waals surface area contributed by atoms with E-state index in [1.54, 1.807) is 0 Å². The van der Waals surface area contributed by atoms with E-state index in [0.717, 1.165) is 25.4 Å². The van der Waals surface area contributed by atoms with Crippen molar-refractivity contribution in [1.29, 1.82) is 0 Å². The zero-order chi connectivity index (χ0) is 12.6. The fourth-order valence-electron chi connectivity index (χ4n) is 2.72. The Balaban J connectivity index is 1.86. The van der Waals surface area contributed by atoms with Gasteiger partial charge in [0.05, 0.1) is 10.7 Å². The summed E-state index contributed by atoms with van der Waals surface area (Å²) in [5.41, 5.74) is 1.29. The monoisotopic (exact) mass is 266 g/mol. The predicted octanol–water partition coefficient (Wildman–Crippen LogP) is 4.12. The molecule has 0 aromatic carbocycles. The van der Waals surface area contributed by atoms with Crippen LogP contribution in [0, 0.1) is 0 Å². The molecule has 102 valence electrons. The molecule has 2 rings (SSSR count). The number of nitrogens with zero attached hydrogens (tertiary/aromatic N) is 1. The maximum Gasteiger partial charge on any atom is 0.0959 e. The van der Waals surface area contributed by atoms with Crippen LogP contribution < -0.4 is 5.32 Å². The molecule has 1 N–H and O–H groups in total. The maximum absolute atomic E-state index is 4.86. The minimum atomic E-state index is 0.753. The van der Waals surface area contributed by atoms with Crippen LogP contribution in [-0.4, -0.2) is 18.1 Å². The van der Waals surface area contributed by atoms with Crippen LogP contribution in [0.2, 0.25) is 0 Å². The first-order valence-corrected chi connectivity index (χ1v) is 8.43. The standard InChI is InChI=1S/C15H26N2S/c1-2-16-11-10-14-12-18-15(17-14)13-8-6-4-3-5-7-9-13/h12-13,16H,2-11H2,1H3. The lowest BCUT2D eigenvalue weighted by Gasteiger charge is -2.17. The van der Waals surface area contributed by atoms with Crippen LogP contribution in [0.3, 0.4) is 0 Å². The summed E-state index contributed by atoms with van der Waals surface area (Å²) >= 11 is 1.89. The normalized spacial score (nSPS) is 18.5. The molecule has 1 fully saturated rings. The molecule has 1 aromatic heterocycles. The number of likely N-dealkylation sites (N-methyl/N-ethyl adjacent to an activating group) is 1. The fraction of sp³-hybridized carbons (Fsp3) is 0.800. The van der Waals surface area contributed by atoms with E-state index in [1.807, 2.05) is 11.3 Å². The van der Waals surface area contributed by atoms with Gasteiger partial charge in [-0.15, -0.1) is 11.3 Å². The predicted molar refractivity (Wildman–Crippen MR) is 79.4 cm³/mol. The van der Waals surface area contributed by atoms with E-state index in [1.165, 1.54) is 55.6 Å². The lowest BCUT2D eigenvalue weighted by Crippen LogP contribution is -2.16. The third-order valence-corrected chi connectivity index (χ3v) is 4.89. The van der Waals surface area contributed by atoms with E-state index in [-0.39, 0.29) is 0 Å². The van der Waals surface area contributed by atoms with Crippen molar-refractivity contribution in [2.45, 2.75) is 64.2 Å². The third-order valence-electron chi connectivity index (χ3n) is 3.83. The highest BCUT2D eigenvalue weighted by Gasteiger charge is 2.16. The third kappa shape index (κ3) is 4.36. The van der Waals surface area contributed by atoms with Gasteiger partial charge in [0.1, 0.15) is 0 Å². The Hall–Kier alpha value is -0.410. The minimum Gasteiger partial charge on any atom is -0.317 e. The molecule has 0 spiro atoms.